The van der Waals surface area contributed by atoms with E-state index in [2.05, 4.69) is 45.4 Å². The van der Waals surface area contributed by atoms with E-state index in [4.69, 9.17) is 13.0 Å². The fraction of sp³-hybridized carbons (Fsp3) is 0.692. The van der Waals surface area contributed by atoms with E-state index in [0.29, 0.717) is 10.9 Å². The molecule has 21 heavy (non-hydrogen) atoms. The Morgan fingerprint density at radius 3 is 1.86 bits per heavy atom. The maximum absolute atomic E-state index is 10.7. The second kappa shape index (κ2) is 10.3. The summed E-state index contributed by atoms with van der Waals surface area (Å²) in [6.45, 7) is 6.56. The lowest BCUT2D eigenvalue weighted by molar-refractivity contribution is -0.0517. The number of halogens is 3. The van der Waals surface area contributed by atoms with Crippen LogP contribution in [0.1, 0.15) is 33.6 Å². The zero-order valence-corrected chi connectivity index (χ0v) is 14.6. The van der Waals surface area contributed by atoms with Crippen molar-refractivity contribution in [2.24, 2.45) is 0 Å². The number of rotatable bonds is 5. The summed E-state index contributed by atoms with van der Waals surface area (Å²) < 4.78 is 58.9. The van der Waals surface area contributed by atoms with E-state index in [1.54, 1.807) is 5.57 Å². The lowest BCUT2D eigenvalue weighted by atomic mass is 10.1. The van der Waals surface area contributed by atoms with Crippen LogP contribution in [0.4, 0.5) is 13.2 Å². The van der Waals surface area contributed by atoms with Crippen molar-refractivity contribution in [3.05, 3.63) is 23.3 Å². The molecule has 0 bridgehead atoms. The summed E-state index contributed by atoms with van der Waals surface area (Å²) in [7, 11) is -5.53. The number of alkyl halides is 3. The van der Waals surface area contributed by atoms with E-state index in [0.717, 1.165) is 0 Å². The van der Waals surface area contributed by atoms with Crippen LogP contribution >= 0.6 is 0 Å². The fourth-order valence-electron chi connectivity index (χ4n) is 1.000. The maximum Gasteiger partial charge on any atom is 0.485 e. The second-order valence-electron chi connectivity index (χ2n) is 4.92. The molecule has 0 aliphatic rings. The standard InChI is InChI=1S/C12H23S.CHF3O3S/c1-11(2)7-6-8-12(3)9-10-13(4)5;2-1(3,4)8(5,6)7/h7,9H,6,8,10H2,1-5H3;(H,5,6,7)/q+1;/p-1/b12-9+;. The van der Waals surface area contributed by atoms with Gasteiger partial charge in [-0.1, -0.05) is 17.2 Å². The third-order valence-electron chi connectivity index (χ3n) is 2.14. The number of allylic oxidation sites excluding steroid dienone is 3. The van der Waals surface area contributed by atoms with Crippen LogP contribution in [0.25, 0.3) is 0 Å². The Balaban J connectivity index is 0. The van der Waals surface area contributed by atoms with Crippen molar-refractivity contribution in [1.82, 2.24) is 0 Å². The Hall–Kier alpha value is -0.470. The van der Waals surface area contributed by atoms with E-state index in [-0.39, 0.29) is 0 Å². The molecule has 0 radical (unpaired) electrons. The minimum absolute atomic E-state index is 0.558. The van der Waals surface area contributed by atoms with Crippen LogP contribution in [0.2, 0.25) is 0 Å². The predicted molar refractivity (Wildman–Crippen MR) is 82.3 cm³/mol. The van der Waals surface area contributed by atoms with Crippen LogP contribution < -0.4 is 0 Å². The van der Waals surface area contributed by atoms with Crippen molar-refractivity contribution in [3.63, 3.8) is 0 Å². The maximum atomic E-state index is 10.7. The molecule has 0 aliphatic carbocycles. The van der Waals surface area contributed by atoms with Gasteiger partial charge in [0.1, 0.15) is 5.75 Å². The summed E-state index contributed by atoms with van der Waals surface area (Å²) in [5.74, 6) is 1.25. The zero-order chi connectivity index (χ0) is 17.3. The number of hydrogen-bond donors (Lipinski definition) is 0. The Labute approximate surface area is 128 Å². The number of hydrogen-bond acceptors (Lipinski definition) is 3. The van der Waals surface area contributed by atoms with Crippen LogP contribution in [-0.2, 0) is 21.0 Å². The molecule has 0 N–H and O–H groups in total. The van der Waals surface area contributed by atoms with E-state index < -0.39 is 15.6 Å². The summed E-state index contributed by atoms with van der Waals surface area (Å²) in [5.41, 5.74) is -2.68. The Morgan fingerprint density at radius 2 is 1.57 bits per heavy atom. The van der Waals surface area contributed by atoms with Gasteiger partial charge in [0.2, 0.25) is 0 Å². The average molecular weight is 348 g/mol. The van der Waals surface area contributed by atoms with E-state index in [1.807, 2.05) is 0 Å². The molecule has 0 aromatic heterocycles. The highest BCUT2D eigenvalue weighted by atomic mass is 32.2. The molecule has 0 aliphatic heterocycles. The van der Waals surface area contributed by atoms with Crippen molar-refractivity contribution in [2.45, 2.75) is 39.1 Å². The molecule has 0 aromatic carbocycles. The first-order valence-electron chi connectivity index (χ1n) is 6.12. The first kappa shape index (κ1) is 22.8. The van der Waals surface area contributed by atoms with Gasteiger partial charge < -0.3 is 4.55 Å². The van der Waals surface area contributed by atoms with Gasteiger partial charge in [0.25, 0.3) is 0 Å². The molecule has 0 amide bonds. The van der Waals surface area contributed by atoms with Gasteiger partial charge in [-0.15, -0.1) is 0 Å². The lowest BCUT2D eigenvalue weighted by Gasteiger charge is -2.08. The van der Waals surface area contributed by atoms with Crippen molar-refractivity contribution in [1.29, 1.82) is 0 Å². The van der Waals surface area contributed by atoms with Crippen molar-refractivity contribution < 1.29 is 26.1 Å². The summed E-state index contributed by atoms with van der Waals surface area (Å²) in [4.78, 5) is 0. The predicted octanol–water partition coefficient (Wildman–Crippen LogP) is 3.61. The van der Waals surface area contributed by atoms with Gasteiger partial charge in [-0.3, -0.25) is 0 Å². The van der Waals surface area contributed by atoms with Crippen LogP contribution in [0.15, 0.2) is 23.3 Å². The molecule has 0 saturated carbocycles. The first-order valence-corrected chi connectivity index (χ1v) is 9.74. The molecular weight excluding hydrogens is 325 g/mol. The van der Waals surface area contributed by atoms with Crippen LogP contribution in [0.3, 0.4) is 0 Å². The van der Waals surface area contributed by atoms with Gasteiger partial charge in [0.05, 0.1) is 12.5 Å². The van der Waals surface area contributed by atoms with Gasteiger partial charge in [-0.05, 0) is 50.6 Å². The van der Waals surface area contributed by atoms with E-state index >= 15 is 0 Å². The Morgan fingerprint density at radius 1 is 1.14 bits per heavy atom. The molecule has 0 fully saturated rings. The summed E-state index contributed by atoms with van der Waals surface area (Å²) in [6.07, 6.45) is 11.7. The van der Waals surface area contributed by atoms with Crippen molar-refractivity contribution >= 4 is 21.0 Å². The SMILES string of the molecule is CC(C)=CCC/C(C)=C/C[S+](C)C.O=S(=O)([O-])C(F)(F)F. The molecule has 0 rings (SSSR count). The van der Waals surface area contributed by atoms with Crippen LogP contribution in [0, 0.1) is 0 Å². The summed E-state index contributed by atoms with van der Waals surface area (Å²) in [5, 5.41) is 0. The zero-order valence-electron chi connectivity index (χ0n) is 13.0. The van der Waals surface area contributed by atoms with Gasteiger partial charge in [0.15, 0.2) is 10.1 Å². The topological polar surface area (TPSA) is 57.2 Å². The highest BCUT2D eigenvalue weighted by Crippen LogP contribution is 2.20. The van der Waals surface area contributed by atoms with Gasteiger partial charge in [-0.25, -0.2) is 8.42 Å². The monoisotopic (exact) mass is 348 g/mol. The molecule has 0 heterocycles. The van der Waals surface area contributed by atoms with Crippen LogP contribution in [0.5, 0.6) is 0 Å². The molecule has 0 aromatic rings. The molecular formula is C13H23F3O3S2. The highest BCUT2D eigenvalue weighted by molar-refractivity contribution is 7.95. The van der Waals surface area contributed by atoms with Crippen LogP contribution in [-0.4, -0.2) is 36.7 Å². The van der Waals surface area contributed by atoms with Crippen molar-refractivity contribution in [3.8, 4) is 0 Å². The molecule has 0 saturated heterocycles. The second-order valence-corrected chi connectivity index (χ2v) is 8.60. The molecule has 126 valence electrons. The fourth-order valence-corrected chi connectivity index (χ4v) is 1.62. The lowest BCUT2D eigenvalue weighted by Crippen LogP contribution is -2.21. The molecule has 8 heteroatoms. The van der Waals surface area contributed by atoms with E-state index in [1.165, 1.54) is 24.2 Å². The molecule has 0 spiro atoms. The van der Waals surface area contributed by atoms with Gasteiger partial charge in [-0.2, -0.15) is 13.2 Å². The minimum Gasteiger partial charge on any atom is -0.741 e. The highest BCUT2D eigenvalue weighted by Gasteiger charge is 2.36. The van der Waals surface area contributed by atoms with Crippen molar-refractivity contribution in [2.75, 3.05) is 18.3 Å². The minimum atomic E-state index is -6.09. The Bertz CT molecular complexity index is 446. The summed E-state index contributed by atoms with van der Waals surface area (Å²) >= 11 is 0. The molecule has 3 nitrogen and oxygen atoms in total. The summed E-state index contributed by atoms with van der Waals surface area (Å²) in [6, 6.07) is 0. The quantitative estimate of drug-likeness (QED) is 0.330. The average Bonchev–Trinajstić information content (AvgIpc) is 2.23. The normalized spacial score (nSPS) is 12.8. The molecule has 0 atom stereocenters. The smallest absolute Gasteiger partial charge is 0.485 e. The molecule has 0 unspecified atom stereocenters. The van der Waals surface area contributed by atoms with E-state index in [9.17, 15) is 13.2 Å². The first-order chi connectivity index (χ1) is 9.27. The third-order valence-corrected chi connectivity index (χ3v) is 3.54. The van der Waals surface area contributed by atoms with Gasteiger partial charge >= 0.3 is 5.51 Å². The third kappa shape index (κ3) is 15.7. The van der Waals surface area contributed by atoms with Gasteiger partial charge in [0, 0.05) is 0 Å². The Kier molecular flexibility index (Phi) is 11.2. The largest absolute Gasteiger partial charge is 0.741 e.